The van der Waals surface area contributed by atoms with Crippen LogP contribution in [0.2, 0.25) is 0 Å². The lowest BCUT2D eigenvalue weighted by atomic mass is 9.96. The number of nitrogens with two attached hydrogens (primary N) is 1. The normalized spacial score (nSPS) is 15.0. The van der Waals surface area contributed by atoms with E-state index < -0.39 is 0 Å². The first-order chi connectivity index (χ1) is 14.2. The molecule has 1 aliphatic rings. The molecule has 8 heteroatoms. The first-order valence-corrected chi connectivity index (χ1v) is 10.3. The van der Waals surface area contributed by atoms with Crippen molar-refractivity contribution in [3.05, 3.63) is 30.6 Å². The van der Waals surface area contributed by atoms with Gasteiger partial charge in [-0.25, -0.2) is 14.8 Å². The van der Waals surface area contributed by atoms with Gasteiger partial charge in [0.2, 0.25) is 0 Å². The molecular weight excluding hydrogens is 368 g/mol. The van der Waals surface area contributed by atoms with Crippen molar-refractivity contribution in [1.29, 1.82) is 0 Å². The van der Waals surface area contributed by atoms with Gasteiger partial charge in [0.05, 0.1) is 30.6 Å². The molecule has 1 aromatic carbocycles. The highest BCUT2D eigenvalue weighted by atomic mass is 16.5. The van der Waals surface area contributed by atoms with Gasteiger partial charge in [0.15, 0.2) is 5.82 Å². The third kappa shape index (κ3) is 4.59. The number of urea groups is 1. The summed E-state index contributed by atoms with van der Waals surface area (Å²) in [5.74, 6) is 0.437. The molecule has 1 saturated carbocycles. The number of nitrogens with zero attached hydrogens (tertiary/aromatic N) is 3. The Hall–Kier alpha value is -2.87. The average Bonchev–Trinajstić information content (AvgIpc) is 3.16. The van der Waals surface area contributed by atoms with Gasteiger partial charge in [-0.3, -0.25) is 0 Å². The molecule has 0 spiro atoms. The number of ether oxygens (including phenoxy) is 1. The van der Waals surface area contributed by atoms with Gasteiger partial charge in [-0.1, -0.05) is 37.5 Å². The van der Waals surface area contributed by atoms with Crippen LogP contribution in [0.1, 0.15) is 32.1 Å². The van der Waals surface area contributed by atoms with Crippen LogP contribution in [0.25, 0.3) is 21.9 Å². The topological polar surface area (TPSA) is 107 Å². The summed E-state index contributed by atoms with van der Waals surface area (Å²) in [6, 6.07) is 8.12. The maximum Gasteiger partial charge on any atom is 0.315 e. The minimum Gasteiger partial charge on any atom is -0.382 e. The quantitative estimate of drug-likeness (QED) is 0.532. The minimum atomic E-state index is -0.101. The van der Waals surface area contributed by atoms with Crippen LogP contribution in [0, 0.1) is 0 Å². The zero-order valence-corrected chi connectivity index (χ0v) is 16.6. The van der Waals surface area contributed by atoms with Crippen LogP contribution in [0.15, 0.2) is 30.6 Å². The van der Waals surface area contributed by atoms with E-state index in [0.717, 1.165) is 29.3 Å². The Kier molecular flexibility index (Phi) is 6.09. The van der Waals surface area contributed by atoms with Crippen LogP contribution in [-0.2, 0) is 11.3 Å². The molecule has 0 bridgehead atoms. The molecule has 0 unspecified atom stereocenters. The second-order valence-electron chi connectivity index (χ2n) is 7.50. The highest BCUT2D eigenvalue weighted by Gasteiger charge is 2.15. The second-order valence-corrected chi connectivity index (χ2v) is 7.50. The summed E-state index contributed by atoms with van der Waals surface area (Å²) >= 11 is 0. The van der Waals surface area contributed by atoms with Crippen molar-refractivity contribution in [2.75, 3.05) is 25.5 Å². The van der Waals surface area contributed by atoms with E-state index in [1.807, 2.05) is 28.8 Å². The number of pyridine rings is 1. The molecule has 4 N–H and O–H groups in total. The predicted octanol–water partition coefficient (Wildman–Crippen LogP) is 2.82. The molecule has 2 heterocycles. The summed E-state index contributed by atoms with van der Waals surface area (Å²) in [6.07, 6.45) is 7.62. The van der Waals surface area contributed by atoms with Gasteiger partial charge in [-0.2, -0.15) is 0 Å². The van der Waals surface area contributed by atoms with Crippen LogP contribution in [0.3, 0.4) is 0 Å². The molecule has 1 aliphatic carbocycles. The molecule has 29 heavy (non-hydrogen) atoms. The highest BCUT2D eigenvalue weighted by molar-refractivity contribution is 6.06. The Balaban J connectivity index is 1.25. The molecule has 3 aromatic rings. The summed E-state index contributed by atoms with van der Waals surface area (Å²) in [5, 5.41) is 6.93. The number of rotatable bonds is 7. The lowest BCUT2D eigenvalue weighted by Crippen LogP contribution is -2.43. The number of imidazole rings is 1. The molecular formula is C21H28N6O2. The number of carbonyl (C=O) groups excluding carboxylic acids is 1. The Morgan fingerprint density at radius 2 is 2.03 bits per heavy atom. The van der Waals surface area contributed by atoms with Crippen molar-refractivity contribution in [3.8, 4) is 0 Å². The highest BCUT2D eigenvalue weighted by Crippen LogP contribution is 2.26. The average molecular weight is 396 g/mol. The fraction of sp³-hybridized carbons (Fsp3) is 0.476. The number of amides is 2. The van der Waals surface area contributed by atoms with Gasteiger partial charge < -0.3 is 25.7 Å². The van der Waals surface area contributed by atoms with Gasteiger partial charge in [0.1, 0.15) is 5.52 Å². The number of nitrogen functional groups attached to an aromatic ring is 1. The zero-order chi connectivity index (χ0) is 20.1. The van der Waals surface area contributed by atoms with E-state index in [0.29, 0.717) is 43.7 Å². The summed E-state index contributed by atoms with van der Waals surface area (Å²) in [7, 11) is 0. The van der Waals surface area contributed by atoms with Gasteiger partial charge in [-0.15, -0.1) is 0 Å². The number of hydrogen-bond donors (Lipinski definition) is 3. The first kappa shape index (κ1) is 19.4. The van der Waals surface area contributed by atoms with E-state index in [1.165, 1.54) is 19.3 Å². The fourth-order valence-electron chi connectivity index (χ4n) is 3.96. The number of anilines is 1. The molecule has 2 amide bonds. The molecule has 4 rings (SSSR count). The third-order valence-electron chi connectivity index (χ3n) is 5.43. The van der Waals surface area contributed by atoms with E-state index in [9.17, 15) is 4.79 Å². The zero-order valence-electron chi connectivity index (χ0n) is 16.6. The Morgan fingerprint density at radius 1 is 1.21 bits per heavy atom. The van der Waals surface area contributed by atoms with Gasteiger partial charge in [0, 0.05) is 24.5 Å². The van der Waals surface area contributed by atoms with E-state index in [1.54, 1.807) is 6.33 Å². The van der Waals surface area contributed by atoms with Crippen LogP contribution >= 0.6 is 0 Å². The minimum absolute atomic E-state index is 0.101. The summed E-state index contributed by atoms with van der Waals surface area (Å²) < 4.78 is 7.74. The smallest absolute Gasteiger partial charge is 0.315 e. The third-order valence-corrected chi connectivity index (χ3v) is 5.43. The molecule has 0 saturated heterocycles. The van der Waals surface area contributed by atoms with Gasteiger partial charge >= 0.3 is 6.03 Å². The molecule has 0 atom stereocenters. The van der Waals surface area contributed by atoms with Crippen molar-refractivity contribution in [3.63, 3.8) is 0 Å². The Labute approximate surface area is 169 Å². The van der Waals surface area contributed by atoms with Crippen molar-refractivity contribution < 1.29 is 9.53 Å². The summed E-state index contributed by atoms with van der Waals surface area (Å²) in [4.78, 5) is 20.8. The molecule has 2 aromatic heterocycles. The van der Waals surface area contributed by atoms with Crippen molar-refractivity contribution >= 4 is 33.8 Å². The number of carbonyl (C=O) groups is 1. The van der Waals surface area contributed by atoms with Crippen molar-refractivity contribution in [1.82, 2.24) is 25.2 Å². The van der Waals surface area contributed by atoms with E-state index >= 15 is 0 Å². The maximum absolute atomic E-state index is 11.9. The maximum atomic E-state index is 11.9. The monoisotopic (exact) mass is 396 g/mol. The molecule has 1 fully saturated rings. The molecule has 8 nitrogen and oxygen atoms in total. The summed E-state index contributed by atoms with van der Waals surface area (Å²) in [6.45, 7) is 2.13. The lowest BCUT2D eigenvalue weighted by molar-refractivity contribution is 0.129. The molecule has 0 aliphatic heterocycles. The van der Waals surface area contributed by atoms with Gasteiger partial charge in [0.25, 0.3) is 0 Å². The van der Waals surface area contributed by atoms with Crippen LogP contribution in [-0.4, -0.2) is 46.4 Å². The van der Waals surface area contributed by atoms with Crippen LogP contribution in [0.5, 0.6) is 0 Å². The first-order valence-electron chi connectivity index (χ1n) is 10.3. The van der Waals surface area contributed by atoms with Crippen molar-refractivity contribution in [2.45, 2.75) is 44.7 Å². The molecule has 0 radical (unpaired) electrons. The van der Waals surface area contributed by atoms with E-state index in [4.69, 9.17) is 10.5 Å². The number of hydrogen-bond acceptors (Lipinski definition) is 5. The number of benzene rings is 1. The number of aromatic nitrogens is 3. The van der Waals surface area contributed by atoms with Crippen LogP contribution in [0.4, 0.5) is 10.6 Å². The lowest BCUT2D eigenvalue weighted by Gasteiger charge is -2.22. The predicted molar refractivity (Wildman–Crippen MR) is 114 cm³/mol. The van der Waals surface area contributed by atoms with Crippen molar-refractivity contribution in [2.24, 2.45) is 0 Å². The Bertz CT molecular complexity index is 980. The number of fused-ring (bicyclic) bond motifs is 3. The van der Waals surface area contributed by atoms with Crippen LogP contribution < -0.4 is 16.4 Å². The summed E-state index contributed by atoms with van der Waals surface area (Å²) in [5.41, 5.74) is 8.60. The fourth-order valence-corrected chi connectivity index (χ4v) is 3.96. The molecule has 154 valence electrons. The SMILES string of the molecule is Nc1nc2ccccc2c2c1ncn2CCOCCNC(=O)NC1CCCCC1. The second kappa shape index (κ2) is 9.09. The number of nitrogens with one attached hydrogen (secondary N) is 2. The standard InChI is InChI=1S/C21H28N6O2/c22-20-18-19(16-8-4-5-9-17(16)26-20)27(14-24-18)11-13-29-12-10-23-21(28)25-15-6-2-1-3-7-15/h4-5,8-9,14-15H,1-3,6-7,10-13H2,(H2,22,26)(H2,23,25,28). The number of para-hydroxylation sites is 1. The van der Waals surface area contributed by atoms with E-state index in [-0.39, 0.29) is 6.03 Å². The largest absolute Gasteiger partial charge is 0.382 e. The van der Waals surface area contributed by atoms with Gasteiger partial charge in [-0.05, 0) is 18.9 Å². The Morgan fingerprint density at radius 3 is 2.90 bits per heavy atom. The van der Waals surface area contributed by atoms with E-state index in [2.05, 4.69) is 20.6 Å².